The van der Waals surface area contributed by atoms with E-state index in [1.165, 1.54) is 12.8 Å². The van der Waals surface area contributed by atoms with Gasteiger partial charge in [0.25, 0.3) is 0 Å². The van der Waals surface area contributed by atoms with E-state index in [1.807, 2.05) is 0 Å². The number of nitrogens with two attached hydrogens (primary N) is 1. The van der Waals surface area contributed by atoms with Gasteiger partial charge in [0, 0.05) is 12.6 Å². The maximum atomic E-state index is 12.2. The van der Waals surface area contributed by atoms with Crippen molar-refractivity contribution < 1.29 is 8.42 Å². The zero-order valence-corrected chi connectivity index (χ0v) is 11.2. The second-order valence-corrected chi connectivity index (χ2v) is 7.45. The first-order valence-corrected chi connectivity index (χ1v) is 8.39. The third kappa shape index (κ3) is 3.20. The quantitative estimate of drug-likeness (QED) is 0.784. The first-order valence-electron chi connectivity index (χ1n) is 6.84. The van der Waals surface area contributed by atoms with E-state index in [-0.39, 0.29) is 11.3 Å². The van der Waals surface area contributed by atoms with Crippen molar-refractivity contribution in [1.82, 2.24) is 4.72 Å². The van der Waals surface area contributed by atoms with Gasteiger partial charge in [-0.05, 0) is 31.6 Å². The minimum Gasteiger partial charge on any atom is -0.329 e. The van der Waals surface area contributed by atoms with Crippen LogP contribution >= 0.6 is 0 Å². The fraction of sp³-hybridized carbons (Fsp3) is 1.00. The molecule has 0 amide bonds. The molecule has 2 aliphatic rings. The van der Waals surface area contributed by atoms with Gasteiger partial charge in [0.2, 0.25) is 10.0 Å². The van der Waals surface area contributed by atoms with Gasteiger partial charge >= 0.3 is 0 Å². The molecule has 0 aromatic heterocycles. The lowest BCUT2D eigenvalue weighted by atomic mass is 9.99. The van der Waals surface area contributed by atoms with Crippen LogP contribution in [-0.4, -0.2) is 26.3 Å². The molecule has 100 valence electrons. The Kier molecular flexibility index (Phi) is 4.44. The Bertz CT molecular complexity index is 330. The summed E-state index contributed by atoms with van der Waals surface area (Å²) >= 11 is 0. The van der Waals surface area contributed by atoms with Gasteiger partial charge in [-0.3, -0.25) is 0 Å². The summed E-state index contributed by atoms with van der Waals surface area (Å²) in [5.41, 5.74) is 5.73. The van der Waals surface area contributed by atoms with E-state index in [1.54, 1.807) is 0 Å². The van der Waals surface area contributed by atoms with Crippen LogP contribution in [0.4, 0.5) is 0 Å². The van der Waals surface area contributed by atoms with Crippen LogP contribution in [0.1, 0.15) is 51.4 Å². The molecule has 17 heavy (non-hydrogen) atoms. The fourth-order valence-corrected chi connectivity index (χ4v) is 5.06. The van der Waals surface area contributed by atoms with Gasteiger partial charge in [0.1, 0.15) is 0 Å². The molecule has 2 rings (SSSR count). The molecule has 0 aromatic carbocycles. The summed E-state index contributed by atoms with van der Waals surface area (Å²) in [6, 6.07) is -0.0388. The van der Waals surface area contributed by atoms with Gasteiger partial charge in [0.05, 0.1) is 5.25 Å². The summed E-state index contributed by atoms with van der Waals surface area (Å²) in [5.74, 6) is 0.455. The Balaban J connectivity index is 1.96. The molecule has 1 unspecified atom stereocenters. The average molecular weight is 260 g/mol. The maximum Gasteiger partial charge on any atom is 0.214 e. The summed E-state index contributed by atoms with van der Waals surface area (Å²) in [6.45, 7) is 0.427. The average Bonchev–Trinajstić information content (AvgIpc) is 2.97. The highest BCUT2D eigenvalue weighted by Gasteiger charge is 2.33. The van der Waals surface area contributed by atoms with Crippen molar-refractivity contribution in [3.8, 4) is 0 Å². The Hall–Kier alpha value is -0.130. The van der Waals surface area contributed by atoms with Gasteiger partial charge < -0.3 is 5.73 Å². The van der Waals surface area contributed by atoms with Crippen LogP contribution in [-0.2, 0) is 10.0 Å². The smallest absolute Gasteiger partial charge is 0.214 e. The summed E-state index contributed by atoms with van der Waals surface area (Å²) < 4.78 is 27.3. The largest absolute Gasteiger partial charge is 0.329 e. The minimum atomic E-state index is -3.14. The van der Waals surface area contributed by atoms with Crippen LogP contribution in [0.3, 0.4) is 0 Å². The monoisotopic (exact) mass is 260 g/mol. The third-order valence-electron chi connectivity index (χ3n) is 4.28. The van der Waals surface area contributed by atoms with E-state index in [0.717, 1.165) is 38.5 Å². The van der Waals surface area contributed by atoms with Crippen molar-refractivity contribution in [2.24, 2.45) is 11.7 Å². The first-order chi connectivity index (χ1) is 8.13. The predicted octanol–water partition coefficient (Wildman–Crippen LogP) is 1.37. The molecule has 5 heteroatoms. The van der Waals surface area contributed by atoms with Crippen molar-refractivity contribution in [3.05, 3.63) is 0 Å². The number of rotatable bonds is 5. The summed E-state index contributed by atoms with van der Waals surface area (Å²) in [7, 11) is -3.14. The van der Waals surface area contributed by atoms with E-state index in [4.69, 9.17) is 5.73 Å². The van der Waals surface area contributed by atoms with E-state index in [2.05, 4.69) is 4.72 Å². The molecule has 2 fully saturated rings. The number of hydrogen-bond acceptors (Lipinski definition) is 3. The lowest BCUT2D eigenvalue weighted by molar-refractivity contribution is 0.403. The summed E-state index contributed by atoms with van der Waals surface area (Å²) in [6.07, 6.45) is 8.39. The molecule has 1 atom stereocenters. The molecule has 2 aliphatic carbocycles. The molecule has 0 bridgehead atoms. The van der Waals surface area contributed by atoms with Crippen LogP contribution in [0, 0.1) is 5.92 Å². The fourth-order valence-electron chi connectivity index (χ4n) is 3.20. The second-order valence-electron chi connectivity index (χ2n) is 5.46. The normalized spacial score (nSPS) is 25.5. The Morgan fingerprint density at radius 2 is 1.59 bits per heavy atom. The van der Waals surface area contributed by atoms with Crippen LogP contribution in [0.5, 0.6) is 0 Å². The molecular weight excluding hydrogens is 236 g/mol. The number of sulfonamides is 1. The van der Waals surface area contributed by atoms with Crippen molar-refractivity contribution >= 4 is 10.0 Å². The lowest BCUT2D eigenvalue weighted by Gasteiger charge is -2.24. The van der Waals surface area contributed by atoms with Crippen molar-refractivity contribution in [2.45, 2.75) is 62.7 Å². The molecule has 0 radical (unpaired) electrons. The SMILES string of the molecule is NCC(NS(=O)(=O)C1CCCC1)C1CCCC1. The van der Waals surface area contributed by atoms with Gasteiger partial charge in [-0.25, -0.2) is 13.1 Å². The standard InChI is InChI=1S/C12H24N2O2S/c13-9-12(10-5-1-2-6-10)14-17(15,16)11-7-3-4-8-11/h10-12,14H,1-9,13H2. The molecule has 3 N–H and O–H groups in total. The van der Waals surface area contributed by atoms with Gasteiger partial charge in [-0.2, -0.15) is 0 Å². The minimum absolute atomic E-state index is 0.0388. The molecule has 2 saturated carbocycles. The molecule has 4 nitrogen and oxygen atoms in total. The highest BCUT2D eigenvalue weighted by molar-refractivity contribution is 7.90. The van der Waals surface area contributed by atoms with Crippen LogP contribution in [0.15, 0.2) is 0 Å². The van der Waals surface area contributed by atoms with Crippen molar-refractivity contribution in [2.75, 3.05) is 6.54 Å². The highest BCUT2D eigenvalue weighted by Crippen LogP contribution is 2.29. The number of nitrogens with one attached hydrogen (secondary N) is 1. The summed E-state index contributed by atoms with van der Waals surface area (Å²) in [5, 5.41) is -0.169. The molecule has 0 heterocycles. The molecular formula is C12H24N2O2S. The topological polar surface area (TPSA) is 72.2 Å². The Morgan fingerprint density at radius 1 is 1.06 bits per heavy atom. The second kappa shape index (κ2) is 5.67. The maximum absolute atomic E-state index is 12.2. The molecule has 0 aromatic rings. The Morgan fingerprint density at radius 3 is 2.12 bits per heavy atom. The highest BCUT2D eigenvalue weighted by atomic mass is 32.2. The predicted molar refractivity (Wildman–Crippen MR) is 69.1 cm³/mol. The van der Waals surface area contributed by atoms with E-state index in [9.17, 15) is 8.42 Å². The van der Waals surface area contributed by atoms with Crippen LogP contribution in [0.25, 0.3) is 0 Å². The van der Waals surface area contributed by atoms with Crippen LogP contribution in [0.2, 0.25) is 0 Å². The van der Waals surface area contributed by atoms with E-state index >= 15 is 0 Å². The van der Waals surface area contributed by atoms with E-state index < -0.39 is 10.0 Å². The third-order valence-corrected chi connectivity index (χ3v) is 6.26. The first kappa shape index (κ1) is 13.3. The zero-order valence-electron chi connectivity index (χ0n) is 10.4. The van der Waals surface area contributed by atoms with Crippen molar-refractivity contribution in [3.63, 3.8) is 0 Å². The number of hydrogen-bond donors (Lipinski definition) is 2. The zero-order chi connectivity index (χ0) is 12.3. The summed E-state index contributed by atoms with van der Waals surface area (Å²) in [4.78, 5) is 0. The Labute approximate surface area is 104 Å². The van der Waals surface area contributed by atoms with Crippen molar-refractivity contribution in [1.29, 1.82) is 0 Å². The molecule has 0 saturated heterocycles. The van der Waals surface area contributed by atoms with Gasteiger partial charge in [-0.15, -0.1) is 0 Å². The van der Waals surface area contributed by atoms with Crippen LogP contribution < -0.4 is 10.5 Å². The molecule has 0 spiro atoms. The van der Waals surface area contributed by atoms with Gasteiger partial charge in [0.15, 0.2) is 0 Å². The molecule has 0 aliphatic heterocycles. The van der Waals surface area contributed by atoms with Gasteiger partial charge in [-0.1, -0.05) is 25.7 Å². The van der Waals surface area contributed by atoms with E-state index in [0.29, 0.717) is 12.5 Å². The lowest BCUT2D eigenvalue weighted by Crippen LogP contribution is -2.47.